The van der Waals surface area contributed by atoms with Gasteiger partial charge in [-0.05, 0) is 25.1 Å². The first kappa shape index (κ1) is 26.5. The van der Waals surface area contributed by atoms with Crippen molar-refractivity contribution in [2.45, 2.75) is 37.5 Å². The zero-order chi connectivity index (χ0) is 26.4. The van der Waals surface area contributed by atoms with E-state index in [4.69, 9.17) is 0 Å². The van der Waals surface area contributed by atoms with Crippen molar-refractivity contribution in [3.05, 3.63) is 53.0 Å². The molecule has 35 heavy (non-hydrogen) atoms. The van der Waals surface area contributed by atoms with Gasteiger partial charge in [0.2, 0.25) is 10.9 Å². The van der Waals surface area contributed by atoms with Crippen LogP contribution in [0.15, 0.2) is 34.7 Å². The van der Waals surface area contributed by atoms with E-state index in [0.717, 1.165) is 12.1 Å². The number of alkyl halides is 9. The summed E-state index contributed by atoms with van der Waals surface area (Å²) in [5.74, 6) is -4.50. The lowest BCUT2D eigenvalue weighted by molar-refractivity contribution is -0.252. The zero-order valence-electron chi connectivity index (χ0n) is 17.1. The Bertz CT molecular complexity index is 1230. The predicted octanol–water partition coefficient (Wildman–Crippen LogP) is 5.94. The van der Waals surface area contributed by atoms with Crippen LogP contribution in [-0.4, -0.2) is 32.1 Å². The molecule has 0 aliphatic heterocycles. The molecule has 6 nitrogen and oxygen atoms in total. The summed E-state index contributed by atoms with van der Waals surface area (Å²) in [6.07, 6.45) is -16.1. The van der Waals surface area contributed by atoms with Crippen molar-refractivity contribution in [1.29, 1.82) is 0 Å². The number of furan rings is 1. The van der Waals surface area contributed by atoms with Gasteiger partial charge in [-0.15, -0.1) is 0 Å². The van der Waals surface area contributed by atoms with E-state index in [0.29, 0.717) is 36.7 Å². The van der Waals surface area contributed by atoms with Crippen molar-refractivity contribution in [2.24, 2.45) is 0 Å². The molecule has 0 aliphatic carbocycles. The van der Waals surface area contributed by atoms with Crippen LogP contribution in [0.5, 0.6) is 0 Å². The van der Waals surface area contributed by atoms with Crippen LogP contribution < -0.4 is 5.32 Å². The van der Waals surface area contributed by atoms with Crippen LogP contribution in [0.3, 0.4) is 0 Å². The van der Waals surface area contributed by atoms with E-state index in [2.05, 4.69) is 13.8 Å². The first-order chi connectivity index (χ1) is 15.9. The quantitative estimate of drug-likeness (QED) is 0.396. The molecule has 0 saturated heterocycles. The molecule has 0 fully saturated rings. The lowest BCUT2D eigenvalue weighted by Crippen LogP contribution is -2.44. The summed E-state index contributed by atoms with van der Waals surface area (Å²) in [6, 6.07) is 3.77. The van der Waals surface area contributed by atoms with E-state index in [9.17, 15) is 49.4 Å². The molecule has 1 amide bonds. The fourth-order valence-corrected chi connectivity index (χ4v) is 3.29. The number of nitrogens with zero attached hydrogens (tertiary/aromatic N) is 2. The van der Waals surface area contributed by atoms with Crippen molar-refractivity contribution >= 4 is 22.6 Å². The largest absolute Gasteiger partial charge is 0.451 e. The highest BCUT2D eigenvalue weighted by Crippen LogP contribution is 2.39. The minimum Gasteiger partial charge on any atom is -0.451 e. The molecule has 2 aromatic heterocycles. The SMILES string of the molecule is CC(O)(Cc1nsc(NC(=O)c2cc(-c3cccc(C(F)(F)F)c3)oc2C(F)(F)F)n1)C(F)(F)F. The number of anilines is 1. The number of halogens is 9. The van der Waals surface area contributed by atoms with Gasteiger partial charge < -0.3 is 9.52 Å². The van der Waals surface area contributed by atoms with Gasteiger partial charge in [-0.2, -0.15) is 43.9 Å². The highest BCUT2D eigenvalue weighted by molar-refractivity contribution is 7.09. The molecular weight excluding hydrogens is 521 g/mol. The Labute approximate surface area is 193 Å². The van der Waals surface area contributed by atoms with Gasteiger partial charge in [0.05, 0.1) is 11.1 Å². The first-order valence-corrected chi connectivity index (χ1v) is 9.97. The van der Waals surface area contributed by atoms with Crippen molar-refractivity contribution in [3.63, 3.8) is 0 Å². The number of carbonyl (C=O) groups excluding carboxylic acids is 1. The van der Waals surface area contributed by atoms with Crippen molar-refractivity contribution in [2.75, 3.05) is 5.32 Å². The minimum absolute atomic E-state index is 0.337. The number of aliphatic hydroxyl groups is 1. The molecule has 1 atom stereocenters. The summed E-state index contributed by atoms with van der Waals surface area (Å²) in [5, 5.41) is 10.9. The predicted molar refractivity (Wildman–Crippen MR) is 102 cm³/mol. The van der Waals surface area contributed by atoms with Crippen LogP contribution in [0, 0.1) is 0 Å². The molecule has 0 bridgehead atoms. The van der Waals surface area contributed by atoms with Crippen LogP contribution in [-0.2, 0) is 18.8 Å². The molecule has 2 heterocycles. The average Bonchev–Trinajstić information content (AvgIpc) is 3.33. The Morgan fingerprint density at radius 2 is 1.71 bits per heavy atom. The van der Waals surface area contributed by atoms with E-state index in [-0.39, 0.29) is 0 Å². The lowest BCUT2D eigenvalue weighted by atomic mass is 10.0. The van der Waals surface area contributed by atoms with Gasteiger partial charge in [0.1, 0.15) is 11.6 Å². The summed E-state index contributed by atoms with van der Waals surface area (Å²) in [6.45, 7) is 0.461. The number of carbonyl (C=O) groups is 1. The molecule has 2 N–H and O–H groups in total. The maximum absolute atomic E-state index is 13.4. The third kappa shape index (κ3) is 5.93. The maximum atomic E-state index is 13.4. The average molecular weight is 533 g/mol. The Hall–Kier alpha value is -3.14. The molecule has 1 unspecified atom stereocenters. The van der Waals surface area contributed by atoms with Gasteiger partial charge >= 0.3 is 18.5 Å². The highest BCUT2D eigenvalue weighted by Gasteiger charge is 2.50. The third-order valence-electron chi connectivity index (χ3n) is 4.51. The molecule has 3 aromatic rings. The number of nitrogens with one attached hydrogen (secondary N) is 1. The summed E-state index contributed by atoms with van der Waals surface area (Å²) in [5.41, 5.74) is -5.87. The van der Waals surface area contributed by atoms with Gasteiger partial charge in [0.25, 0.3) is 5.91 Å². The number of hydrogen-bond donors (Lipinski definition) is 2. The van der Waals surface area contributed by atoms with Crippen LogP contribution in [0.1, 0.15) is 34.4 Å². The van der Waals surface area contributed by atoms with E-state index in [1.54, 1.807) is 0 Å². The molecule has 0 aliphatic rings. The summed E-state index contributed by atoms with van der Waals surface area (Å²) < 4.78 is 126. The van der Waals surface area contributed by atoms with Crippen molar-refractivity contribution in [1.82, 2.24) is 9.36 Å². The molecule has 0 saturated carbocycles. The van der Waals surface area contributed by atoms with E-state index in [1.165, 1.54) is 0 Å². The fraction of sp³-hybridized carbons (Fsp3) is 0.316. The van der Waals surface area contributed by atoms with Crippen LogP contribution >= 0.6 is 11.5 Å². The van der Waals surface area contributed by atoms with E-state index >= 15 is 0 Å². The van der Waals surface area contributed by atoms with Crippen molar-refractivity contribution < 1.29 is 53.8 Å². The van der Waals surface area contributed by atoms with Crippen molar-refractivity contribution in [3.8, 4) is 11.3 Å². The topological polar surface area (TPSA) is 88.3 Å². The molecule has 0 spiro atoms. The third-order valence-corrected chi connectivity index (χ3v) is 5.18. The summed E-state index contributed by atoms with van der Waals surface area (Å²) in [7, 11) is 0. The number of hydrogen-bond acceptors (Lipinski definition) is 6. The Morgan fingerprint density at radius 1 is 1.06 bits per heavy atom. The van der Waals surface area contributed by atoms with Gasteiger partial charge in [0.15, 0.2) is 5.60 Å². The molecule has 0 radical (unpaired) electrons. The number of aromatic nitrogens is 2. The Balaban J connectivity index is 1.90. The fourth-order valence-electron chi connectivity index (χ4n) is 2.71. The number of rotatable bonds is 5. The first-order valence-electron chi connectivity index (χ1n) is 9.20. The second-order valence-corrected chi connectivity index (χ2v) is 8.10. The molecule has 190 valence electrons. The van der Waals surface area contributed by atoms with Crippen LogP contribution in [0.25, 0.3) is 11.3 Å². The maximum Gasteiger partial charge on any atom is 0.450 e. The molecule has 3 rings (SSSR count). The van der Waals surface area contributed by atoms with Gasteiger partial charge in [0, 0.05) is 23.5 Å². The van der Waals surface area contributed by atoms with E-state index < -0.39 is 75.6 Å². The summed E-state index contributed by atoms with van der Waals surface area (Å²) >= 11 is 0.337. The number of benzene rings is 1. The molecule has 1 aromatic carbocycles. The summed E-state index contributed by atoms with van der Waals surface area (Å²) in [4.78, 5) is 16.0. The van der Waals surface area contributed by atoms with Crippen LogP contribution in [0.4, 0.5) is 44.6 Å². The van der Waals surface area contributed by atoms with Gasteiger partial charge in [-0.1, -0.05) is 12.1 Å². The zero-order valence-corrected chi connectivity index (χ0v) is 17.9. The van der Waals surface area contributed by atoms with Gasteiger partial charge in [-0.25, -0.2) is 4.98 Å². The minimum atomic E-state index is -5.22. The highest BCUT2D eigenvalue weighted by atomic mass is 32.1. The van der Waals surface area contributed by atoms with E-state index in [1.807, 2.05) is 5.32 Å². The smallest absolute Gasteiger partial charge is 0.450 e. The Kier molecular flexibility index (Phi) is 6.67. The Morgan fingerprint density at radius 3 is 2.29 bits per heavy atom. The lowest BCUT2D eigenvalue weighted by Gasteiger charge is -2.24. The monoisotopic (exact) mass is 533 g/mol. The normalized spacial score (nSPS) is 14.6. The van der Waals surface area contributed by atoms with Crippen LogP contribution in [0.2, 0.25) is 0 Å². The van der Waals surface area contributed by atoms with Gasteiger partial charge in [-0.3, -0.25) is 10.1 Å². The second-order valence-electron chi connectivity index (χ2n) is 7.35. The standard InChI is InChI=1S/C19H12F9N3O3S/c1-16(33,19(26,27)28)7-12-29-15(35-31-12)30-14(32)10-6-11(34-13(10)18(23,24)25)8-3-2-4-9(5-8)17(20,21)22/h2-6,33H,7H2,1H3,(H,29,30,31,32). The molecule has 16 heteroatoms. The second kappa shape index (κ2) is 8.82. The number of amides is 1. The molecular formula is C19H12F9N3O3S.